The lowest BCUT2D eigenvalue weighted by atomic mass is 10.4. The Balaban J connectivity index is 2.70. The monoisotopic (exact) mass is 455 g/mol. The lowest BCUT2D eigenvalue weighted by Gasteiger charge is -2.22. The molecule has 1 atom stereocenters. The van der Waals surface area contributed by atoms with Gasteiger partial charge in [0.1, 0.15) is 0 Å². The molecule has 29 heavy (non-hydrogen) atoms. The van der Waals surface area contributed by atoms with Crippen LogP contribution >= 0.6 is 0 Å². The SMILES string of the molecule is CCOC(=O)/C(=C\C=C\NCCC[SiH](C)O[Si](C)(C)C)S(=O)(=O)c1ccccc1. The van der Waals surface area contributed by atoms with Crippen LogP contribution in [0.15, 0.2) is 58.5 Å². The number of benzene rings is 1. The van der Waals surface area contributed by atoms with Crippen LogP contribution in [0.5, 0.6) is 0 Å². The van der Waals surface area contributed by atoms with E-state index in [1.807, 2.05) is 0 Å². The molecular formula is C20H33NO5SSi2. The molecule has 0 aliphatic rings. The molecule has 0 heterocycles. The van der Waals surface area contributed by atoms with Crippen LogP contribution in [-0.4, -0.2) is 44.9 Å². The molecule has 1 N–H and O–H groups in total. The molecule has 162 valence electrons. The number of carbonyl (C=O) groups is 1. The summed E-state index contributed by atoms with van der Waals surface area (Å²) in [4.78, 5) is 11.9. The summed E-state index contributed by atoms with van der Waals surface area (Å²) in [5.74, 6) is -0.857. The van der Waals surface area contributed by atoms with Crippen molar-refractivity contribution in [3.8, 4) is 0 Å². The van der Waals surface area contributed by atoms with Gasteiger partial charge in [-0.15, -0.1) is 0 Å². The van der Waals surface area contributed by atoms with Crippen molar-refractivity contribution in [3.05, 3.63) is 53.6 Å². The molecule has 0 fully saturated rings. The summed E-state index contributed by atoms with van der Waals surface area (Å²) in [5, 5.41) is 3.13. The van der Waals surface area contributed by atoms with Gasteiger partial charge in [-0.3, -0.25) is 0 Å². The molecule has 1 aromatic rings. The molecule has 0 saturated heterocycles. The zero-order chi connectivity index (χ0) is 21.9. The van der Waals surface area contributed by atoms with Gasteiger partial charge < -0.3 is 14.2 Å². The van der Waals surface area contributed by atoms with E-state index < -0.39 is 33.2 Å². The lowest BCUT2D eigenvalue weighted by Crippen LogP contribution is -2.33. The van der Waals surface area contributed by atoms with Crippen molar-refractivity contribution in [3.63, 3.8) is 0 Å². The number of hydrogen-bond donors (Lipinski definition) is 1. The third-order valence-corrected chi connectivity index (χ3v) is 11.2. The van der Waals surface area contributed by atoms with Gasteiger partial charge >= 0.3 is 5.97 Å². The van der Waals surface area contributed by atoms with Gasteiger partial charge in [-0.1, -0.05) is 18.2 Å². The summed E-state index contributed by atoms with van der Waals surface area (Å²) in [7, 11) is -6.54. The fraction of sp³-hybridized carbons (Fsp3) is 0.450. The van der Waals surface area contributed by atoms with Gasteiger partial charge in [0.2, 0.25) is 9.84 Å². The van der Waals surface area contributed by atoms with E-state index in [-0.39, 0.29) is 16.4 Å². The van der Waals surface area contributed by atoms with Crippen molar-refractivity contribution in [1.29, 1.82) is 0 Å². The fourth-order valence-corrected chi connectivity index (χ4v) is 10.0. The molecule has 1 unspecified atom stereocenters. The number of ether oxygens (including phenoxy) is 1. The van der Waals surface area contributed by atoms with E-state index >= 15 is 0 Å². The molecule has 9 heteroatoms. The second kappa shape index (κ2) is 12.1. The number of rotatable bonds is 12. The van der Waals surface area contributed by atoms with Crippen molar-refractivity contribution in [2.24, 2.45) is 0 Å². The summed E-state index contributed by atoms with van der Waals surface area (Å²) >= 11 is 0. The van der Waals surface area contributed by atoms with E-state index in [1.165, 1.54) is 24.3 Å². The van der Waals surface area contributed by atoms with Gasteiger partial charge in [0.25, 0.3) is 0 Å². The van der Waals surface area contributed by atoms with Gasteiger partial charge in [0.05, 0.1) is 11.5 Å². The zero-order valence-corrected chi connectivity index (χ0v) is 20.9. The standard InChI is InChI=1S/C20H33NO5SSi2/c1-6-25-20(22)19(27(23,24)18-12-8-7-9-13-18)14-10-15-21-16-11-17-28(2)26-29(3,4)5/h7-10,12-15,21,28H,6,11,16-17H2,1-5H3/b15-10+,19-14+. The van der Waals surface area contributed by atoms with E-state index in [9.17, 15) is 13.2 Å². The molecular weight excluding hydrogens is 422 g/mol. The highest BCUT2D eigenvalue weighted by molar-refractivity contribution is 7.96. The minimum absolute atomic E-state index is 0.0574. The molecule has 1 rings (SSSR count). The largest absolute Gasteiger partial charge is 0.462 e. The Morgan fingerprint density at radius 1 is 1.21 bits per heavy atom. The second-order valence-corrected chi connectivity index (χ2v) is 16.8. The van der Waals surface area contributed by atoms with Crippen LogP contribution in [0.2, 0.25) is 32.2 Å². The average molecular weight is 456 g/mol. The first-order valence-corrected chi connectivity index (χ1v) is 17.2. The number of allylic oxidation sites excluding steroid dienone is 2. The zero-order valence-electron chi connectivity index (χ0n) is 18.0. The number of esters is 1. The Kier molecular flexibility index (Phi) is 10.6. The summed E-state index contributed by atoms with van der Waals surface area (Å²) in [5.41, 5.74) is 0. The van der Waals surface area contributed by atoms with Crippen LogP contribution in [0, 0.1) is 0 Å². The first kappa shape index (κ1) is 25.4. The number of carbonyl (C=O) groups excluding carboxylic acids is 1. The van der Waals surface area contributed by atoms with Gasteiger partial charge in [-0.2, -0.15) is 0 Å². The average Bonchev–Trinajstić information content (AvgIpc) is 2.63. The second-order valence-electron chi connectivity index (χ2n) is 7.56. The topological polar surface area (TPSA) is 81.7 Å². The van der Waals surface area contributed by atoms with E-state index in [1.54, 1.807) is 31.3 Å². The molecule has 0 aliphatic carbocycles. The number of hydrogen-bond acceptors (Lipinski definition) is 6. The molecule has 0 radical (unpaired) electrons. The van der Waals surface area contributed by atoms with E-state index in [2.05, 4.69) is 31.5 Å². The maximum absolute atomic E-state index is 12.8. The van der Waals surface area contributed by atoms with Gasteiger partial charge in [0, 0.05) is 6.54 Å². The molecule has 1 aromatic carbocycles. The van der Waals surface area contributed by atoms with Crippen molar-refractivity contribution in [1.82, 2.24) is 5.32 Å². The summed E-state index contributed by atoms with van der Waals surface area (Å²) in [6.07, 6.45) is 5.43. The normalized spacial score (nSPS) is 14.0. The van der Waals surface area contributed by atoms with Crippen LogP contribution in [0.1, 0.15) is 13.3 Å². The highest BCUT2D eigenvalue weighted by atomic mass is 32.2. The van der Waals surface area contributed by atoms with E-state index in [4.69, 9.17) is 8.85 Å². The Morgan fingerprint density at radius 2 is 1.86 bits per heavy atom. The Hall–Kier alpha value is -1.69. The third kappa shape index (κ3) is 9.57. The molecule has 0 spiro atoms. The highest BCUT2D eigenvalue weighted by Gasteiger charge is 2.27. The number of nitrogens with one attached hydrogen (secondary N) is 1. The molecule has 6 nitrogen and oxygen atoms in total. The van der Waals surface area contributed by atoms with Crippen LogP contribution in [0.3, 0.4) is 0 Å². The van der Waals surface area contributed by atoms with Crippen LogP contribution in [0.25, 0.3) is 0 Å². The minimum Gasteiger partial charge on any atom is -0.462 e. The predicted octanol–water partition coefficient (Wildman–Crippen LogP) is 3.61. The molecule has 0 bridgehead atoms. The fourth-order valence-electron chi connectivity index (χ4n) is 2.64. The minimum atomic E-state index is -3.95. The Labute approximate surface area is 177 Å². The van der Waals surface area contributed by atoms with E-state index in [0.29, 0.717) is 0 Å². The first-order chi connectivity index (χ1) is 13.6. The summed E-state index contributed by atoms with van der Waals surface area (Å²) in [6, 6.07) is 8.94. The van der Waals surface area contributed by atoms with Gasteiger partial charge in [-0.05, 0) is 76.1 Å². The van der Waals surface area contributed by atoms with Gasteiger partial charge in [-0.25, -0.2) is 13.2 Å². The van der Waals surface area contributed by atoms with Crippen molar-refractivity contribution in [2.75, 3.05) is 13.2 Å². The lowest BCUT2D eigenvalue weighted by molar-refractivity contribution is -0.137. The van der Waals surface area contributed by atoms with Crippen molar-refractivity contribution in [2.45, 2.75) is 50.5 Å². The quantitative estimate of drug-likeness (QED) is 0.170. The van der Waals surface area contributed by atoms with Crippen LogP contribution < -0.4 is 5.32 Å². The maximum atomic E-state index is 12.8. The first-order valence-electron chi connectivity index (χ1n) is 9.83. The number of sulfone groups is 1. The molecule has 0 saturated carbocycles. The predicted molar refractivity (Wildman–Crippen MR) is 122 cm³/mol. The Bertz CT molecular complexity index is 802. The highest BCUT2D eigenvalue weighted by Crippen LogP contribution is 2.20. The van der Waals surface area contributed by atoms with Crippen LogP contribution in [-0.2, 0) is 23.5 Å². The van der Waals surface area contributed by atoms with Crippen LogP contribution in [0.4, 0.5) is 0 Å². The van der Waals surface area contributed by atoms with Crippen molar-refractivity contribution < 1.29 is 22.1 Å². The molecule has 0 aliphatic heterocycles. The molecule has 0 aromatic heterocycles. The maximum Gasteiger partial charge on any atom is 0.350 e. The smallest absolute Gasteiger partial charge is 0.350 e. The third-order valence-electron chi connectivity index (χ3n) is 3.77. The molecule has 0 amide bonds. The Morgan fingerprint density at radius 3 is 2.45 bits per heavy atom. The van der Waals surface area contributed by atoms with E-state index in [0.717, 1.165) is 19.0 Å². The summed E-state index contributed by atoms with van der Waals surface area (Å²) in [6.45, 7) is 11.3. The summed E-state index contributed by atoms with van der Waals surface area (Å²) < 4.78 is 36.6. The van der Waals surface area contributed by atoms with Crippen molar-refractivity contribution >= 4 is 33.2 Å². The van der Waals surface area contributed by atoms with Gasteiger partial charge in [0.15, 0.2) is 22.3 Å².